The van der Waals surface area contributed by atoms with Crippen molar-refractivity contribution in [1.29, 1.82) is 0 Å². The lowest BCUT2D eigenvalue weighted by Gasteiger charge is -2.28. The van der Waals surface area contributed by atoms with Crippen molar-refractivity contribution in [3.05, 3.63) is 152 Å². The molecular weight excluding hydrogens is 470 g/mol. The molecule has 8 rings (SSSR count). The van der Waals surface area contributed by atoms with Gasteiger partial charge in [0.05, 0.1) is 5.69 Å². The van der Waals surface area contributed by atoms with E-state index in [2.05, 4.69) is 157 Å². The van der Waals surface area contributed by atoms with Gasteiger partial charge in [0.15, 0.2) is 0 Å². The van der Waals surface area contributed by atoms with E-state index in [0.29, 0.717) is 0 Å². The highest BCUT2D eigenvalue weighted by molar-refractivity contribution is 6.18. The maximum absolute atomic E-state index is 2.40. The first-order valence-corrected chi connectivity index (χ1v) is 13.5. The molecule has 0 saturated carbocycles. The number of fused-ring (bicyclic) bond motifs is 8. The smallest absolute Gasteiger partial charge is 0.0546 e. The third-order valence-electron chi connectivity index (χ3n) is 7.99. The number of nitrogens with zero attached hydrogens (tertiary/aromatic N) is 1. The number of hydrogen-bond acceptors (Lipinski definition) is 1. The molecule has 0 aliphatic heterocycles. The van der Waals surface area contributed by atoms with Gasteiger partial charge in [0.1, 0.15) is 0 Å². The van der Waals surface area contributed by atoms with Crippen LogP contribution in [0, 0.1) is 0 Å². The number of anilines is 3. The second kappa shape index (κ2) is 8.72. The Balaban J connectivity index is 1.40. The summed E-state index contributed by atoms with van der Waals surface area (Å²) in [7, 11) is 0. The maximum atomic E-state index is 2.40. The molecule has 0 atom stereocenters. The van der Waals surface area contributed by atoms with E-state index in [9.17, 15) is 0 Å². The van der Waals surface area contributed by atoms with Gasteiger partial charge in [0, 0.05) is 16.8 Å². The van der Waals surface area contributed by atoms with Crippen LogP contribution in [0.2, 0.25) is 0 Å². The molecule has 0 spiro atoms. The Kier molecular flexibility index (Phi) is 4.89. The third kappa shape index (κ3) is 3.48. The molecule has 1 heteroatoms. The largest absolute Gasteiger partial charge is 0.310 e. The Morgan fingerprint density at radius 3 is 1.54 bits per heavy atom. The first-order valence-electron chi connectivity index (χ1n) is 13.5. The van der Waals surface area contributed by atoms with E-state index in [0.717, 1.165) is 11.4 Å². The predicted molar refractivity (Wildman–Crippen MR) is 169 cm³/mol. The summed E-state index contributed by atoms with van der Waals surface area (Å²) in [6.45, 7) is 0. The first kappa shape index (κ1) is 21.9. The topological polar surface area (TPSA) is 3.24 Å². The number of benzene rings is 8. The van der Waals surface area contributed by atoms with Crippen LogP contribution >= 0.6 is 0 Å². The summed E-state index contributed by atoms with van der Waals surface area (Å²) < 4.78 is 0. The van der Waals surface area contributed by atoms with Crippen LogP contribution < -0.4 is 4.90 Å². The molecule has 8 aromatic rings. The van der Waals surface area contributed by atoms with Crippen molar-refractivity contribution < 1.29 is 0 Å². The summed E-state index contributed by atoms with van der Waals surface area (Å²) in [6.07, 6.45) is 0. The molecule has 0 heterocycles. The van der Waals surface area contributed by atoms with Crippen LogP contribution in [0.5, 0.6) is 0 Å². The summed E-state index contributed by atoms with van der Waals surface area (Å²) in [5.74, 6) is 0. The van der Waals surface area contributed by atoms with Gasteiger partial charge < -0.3 is 4.90 Å². The minimum atomic E-state index is 1.14. The van der Waals surface area contributed by atoms with E-state index in [4.69, 9.17) is 0 Å². The van der Waals surface area contributed by atoms with Crippen LogP contribution in [0.1, 0.15) is 0 Å². The Labute approximate surface area is 227 Å². The SMILES string of the molecule is c1ccc(N(c2ccc3c(ccc4c5ccccc5ccc34)c2)c2cc3ccccc3c3ccccc23)cc1. The lowest BCUT2D eigenvalue weighted by atomic mass is 9.96. The highest BCUT2D eigenvalue weighted by Gasteiger charge is 2.17. The fraction of sp³-hybridized carbons (Fsp3) is 0. The van der Waals surface area contributed by atoms with E-state index in [1.807, 2.05) is 0 Å². The fourth-order valence-corrected chi connectivity index (χ4v) is 6.18. The lowest BCUT2D eigenvalue weighted by Crippen LogP contribution is -2.10. The highest BCUT2D eigenvalue weighted by Crippen LogP contribution is 2.43. The standard InChI is InChI=1S/C38H25N/c1-2-12-29(13-3-1)39(38-25-27-11-5-7-15-32(27)34-16-8-9-17-37(34)38)30-20-23-33-28(24-30)19-22-35-31-14-6-4-10-26(31)18-21-36(33)35/h1-25H. The molecule has 0 radical (unpaired) electrons. The van der Waals surface area contributed by atoms with Crippen molar-refractivity contribution in [3.8, 4) is 0 Å². The molecule has 0 unspecified atom stereocenters. The normalized spacial score (nSPS) is 11.6. The van der Waals surface area contributed by atoms with Crippen LogP contribution in [0.4, 0.5) is 17.1 Å². The summed E-state index contributed by atoms with van der Waals surface area (Å²) in [5, 5.41) is 12.7. The molecule has 0 fully saturated rings. The van der Waals surface area contributed by atoms with Gasteiger partial charge in [0.2, 0.25) is 0 Å². The number of hydrogen-bond donors (Lipinski definition) is 0. The van der Waals surface area contributed by atoms with E-state index >= 15 is 0 Å². The van der Waals surface area contributed by atoms with Crippen molar-refractivity contribution in [1.82, 2.24) is 0 Å². The summed E-state index contributed by atoms with van der Waals surface area (Å²) in [4.78, 5) is 2.40. The molecule has 0 N–H and O–H groups in total. The van der Waals surface area contributed by atoms with E-state index in [1.54, 1.807) is 0 Å². The third-order valence-corrected chi connectivity index (χ3v) is 7.99. The molecule has 1 nitrogen and oxygen atoms in total. The van der Waals surface area contributed by atoms with Crippen LogP contribution in [-0.2, 0) is 0 Å². The van der Waals surface area contributed by atoms with E-state index in [-0.39, 0.29) is 0 Å². The molecule has 182 valence electrons. The highest BCUT2D eigenvalue weighted by atomic mass is 15.1. The van der Waals surface area contributed by atoms with E-state index in [1.165, 1.54) is 59.5 Å². The molecular formula is C38H25N. The molecule has 0 bridgehead atoms. The summed E-state index contributed by atoms with van der Waals surface area (Å²) in [6, 6.07) is 55.1. The number of para-hydroxylation sites is 1. The van der Waals surface area contributed by atoms with Crippen LogP contribution in [-0.4, -0.2) is 0 Å². The van der Waals surface area contributed by atoms with Crippen molar-refractivity contribution >= 4 is 70.9 Å². The van der Waals surface area contributed by atoms with Crippen LogP contribution in [0.25, 0.3) is 53.9 Å². The first-order chi connectivity index (χ1) is 19.3. The van der Waals surface area contributed by atoms with Gasteiger partial charge in [0.25, 0.3) is 0 Å². The molecule has 0 amide bonds. The van der Waals surface area contributed by atoms with Crippen molar-refractivity contribution in [2.24, 2.45) is 0 Å². The zero-order valence-corrected chi connectivity index (χ0v) is 21.4. The quantitative estimate of drug-likeness (QED) is 0.220. The van der Waals surface area contributed by atoms with Crippen molar-refractivity contribution in [2.45, 2.75) is 0 Å². The van der Waals surface area contributed by atoms with Crippen molar-refractivity contribution in [3.63, 3.8) is 0 Å². The zero-order chi connectivity index (χ0) is 25.8. The molecule has 8 aromatic carbocycles. The molecule has 0 aromatic heterocycles. The van der Waals surface area contributed by atoms with Gasteiger partial charge in [-0.2, -0.15) is 0 Å². The molecule has 0 saturated heterocycles. The van der Waals surface area contributed by atoms with Gasteiger partial charge in [-0.25, -0.2) is 0 Å². The maximum Gasteiger partial charge on any atom is 0.0546 e. The van der Waals surface area contributed by atoms with Gasteiger partial charge in [-0.3, -0.25) is 0 Å². The van der Waals surface area contributed by atoms with Crippen molar-refractivity contribution in [2.75, 3.05) is 4.90 Å². The Morgan fingerprint density at radius 2 is 0.769 bits per heavy atom. The average molecular weight is 496 g/mol. The fourth-order valence-electron chi connectivity index (χ4n) is 6.18. The Bertz CT molecular complexity index is 2180. The van der Waals surface area contributed by atoms with Crippen LogP contribution in [0.15, 0.2) is 152 Å². The second-order valence-electron chi connectivity index (χ2n) is 10.2. The lowest BCUT2D eigenvalue weighted by molar-refractivity contribution is 1.31. The Morgan fingerprint density at radius 1 is 0.282 bits per heavy atom. The van der Waals surface area contributed by atoms with Gasteiger partial charge in [-0.1, -0.05) is 121 Å². The average Bonchev–Trinajstić information content (AvgIpc) is 3.01. The molecule has 0 aliphatic rings. The predicted octanol–water partition coefficient (Wildman–Crippen LogP) is 10.9. The van der Waals surface area contributed by atoms with Gasteiger partial charge in [-0.15, -0.1) is 0 Å². The molecule has 39 heavy (non-hydrogen) atoms. The summed E-state index contributed by atoms with van der Waals surface area (Å²) in [5.41, 5.74) is 3.47. The monoisotopic (exact) mass is 495 g/mol. The Hall–Kier alpha value is -5.14. The van der Waals surface area contributed by atoms with E-state index < -0.39 is 0 Å². The molecule has 0 aliphatic carbocycles. The van der Waals surface area contributed by atoms with Gasteiger partial charge in [-0.05, 0) is 78.8 Å². The minimum Gasteiger partial charge on any atom is -0.310 e. The summed E-state index contributed by atoms with van der Waals surface area (Å²) >= 11 is 0. The van der Waals surface area contributed by atoms with Crippen LogP contribution in [0.3, 0.4) is 0 Å². The van der Waals surface area contributed by atoms with Gasteiger partial charge >= 0.3 is 0 Å². The number of rotatable bonds is 3. The second-order valence-corrected chi connectivity index (χ2v) is 10.2. The minimum absolute atomic E-state index is 1.14. The zero-order valence-electron chi connectivity index (χ0n) is 21.4.